The van der Waals surface area contributed by atoms with Gasteiger partial charge in [0.15, 0.2) is 4.73 Å². The zero-order valence-corrected chi connectivity index (χ0v) is 9.89. The molecule has 0 aliphatic carbocycles. The maximum atomic E-state index is 4.12. The Hall–Kier alpha value is -0.160. The summed E-state index contributed by atoms with van der Waals surface area (Å²) in [5.74, 6) is 0. The van der Waals surface area contributed by atoms with E-state index in [1.54, 1.807) is 4.68 Å². The Bertz CT molecular complexity index is 293. The Morgan fingerprint density at radius 3 is 2.67 bits per heavy atom. The van der Waals surface area contributed by atoms with Crippen LogP contribution >= 0.6 is 31.9 Å². The summed E-state index contributed by atoms with van der Waals surface area (Å²) in [6, 6.07) is 0. The van der Waals surface area contributed by atoms with Crippen LogP contribution in [0.5, 0.6) is 0 Å². The normalized spacial score (nSPS) is 10.2. The molecule has 1 heterocycles. The summed E-state index contributed by atoms with van der Waals surface area (Å²) < 4.78 is 3.14. The molecule has 1 rings (SSSR count). The molecule has 0 atom stereocenters. The highest BCUT2D eigenvalue weighted by Crippen LogP contribution is 2.12. The maximum absolute atomic E-state index is 4.12. The van der Waals surface area contributed by atoms with Crippen LogP contribution in [0.15, 0.2) is 21.6 Å². The first-order chi connectivity index (χ1) is 5.59. The molecule has 0 aliphatic rings. The van der Waals surface area contributed by atoms with Crippen LogP contribution < -0.4 is 0 Å². The number of aromatic nitrogens is 3. The Morgan fingerprint density at radius 1 is 1.58 bits per heavy atom. The zero-order valence-electron chi connectivity index (χ0n) is 6.72. The highest BCUT2D eigenvalue weighted by atomic mass is 79.9. The zero-order chi connectivity index (χ0) is 9.14. The van der Waals surface area contributed by atoms with E-state index in [4.69, 9.17) is 0 Å². The third kappa shape index (κ3) is 2.71. The molecular formula is C7H9Br2N3. The van der Waals surface area contributed by atoms with Crippen LogP contribution in [0.3, 0.4) is 0 Å². The number of hydrogen-bond acceptors (Lipinski definition) is 2. The van der Waals surface area contributed by atoms with Crippen LogP contribution in [0.1, 0.15) is 13.3 Å². The Morgan fingerprint density at radius 2 is 2.25 bits per heavy atom. The van der Waals surface area contributed by atoms with Gasteiger partial charge in [-0.1, -0.05) is 5.57 Å². The van der Waals surface area contributed by atoms with E-state index in [0.29, 0.717) is 4.73 Å². The van der Waals surface area contributed by atoms with E-state index in [-0.39, 0.29) is 0 Å². The minimum absolute atomic E-state index is 0.607. The first-order valence-electron chi connectivity index (χ1n) is 3.50. The molecule has 0 unspecified atom stereocenters. The first kappa shape index (κ1) is 9.92. The summed E-state index contributed by atoms with van der Waals surface area (Å²) in [7, 11) is 0. The van der Waals surface area contributed by atoms with Crippen molar-refractivity contribution in [2.75, 3.05) is 0 Å². The first-order valence-corrected chi connectivity index (χ1v) is 5.08. The van der Waals surface area contributed by atoms with Crippen LogP contribution in [-0.2, 0) is 6.54 Å². The van der Waals surface area contributed by atoms with Gasteiger partial charge in [0.2, 0.25) is 4.73 Å². The van der Waals surface area contributed by atoms with E-state index in [9.17, 15) is 0 Å². The van der Waals surface area contributed by atoms with Crippen LogP contribution in [0.25, 0.3) is 0 Å². The van der Waals surface area contributed by atoms with Crippen LogP contribution in [-0.4, -0.2) is 14.8 Å². The molecule has 0 aliphatic heterocycles. The molecule has 5 heteroatoms. The van der Waals surface area contributed by atoms with Crippen molar-refractivity contribution in [1.29, 1.82) is 0 Å². The molecule has 0 fully saturated rings. The molecule has 0 spiro atoms. The average molecular weight is 295 g/mol. The quantitative estimate of drug-likeness (QED) is 0.803. The third-order valence-electron chi connectivity index (χ3n) is 1.35. The van der Waals surface area contributed by atoms with Crippen molar-refractivity contribution in [2.45, 2.75) is 19.9 Å². The lowest BCUT2D eigenvalue weighted by atomic mass is 10.2. The third-order valence-corrected chi connectivity index (χ3v) is 2.27. The van der Waals surface area contributed by atoms with Crippen LogP contribution in [0.4, 0.5) is 0 Å². The molecular weight excluding hydrogens is 286 g/mol. The predicted octanol–water partition coefficient (Wildman–Crippen LogP) is 2.77. The molecule has 0 radical (unpaired) electrons. The molecule has 1 aromatic rings. The van der Waals surface area contributed by atoms with Crippen molar-refractivity contribution in [2.24, 2.45) is 0 Å². The molecule has 0 amide bonds. The molecule has 3 nitrogen and oxygen atoms in total. The molecule has 66 valence electrons. The van der Waals surface area contributed by atoms with Gasteiger partial charge in [-0.25, -0.2) is 4.68 Å². The second-order valence-electron chi connectivity index (χ2n) is 2.58. The van der Waals surface area contributed by atoms with Crippen molar-refractivity contribution in [1.82, 2.24) is 14.8 Å². The van der Waals surface area contributed by atoms with Crippen LogP contribution in [0.2, 0.25) is 0 Å². The summed E-state index contributed by atoms with van der Waals surface area (Å²) in [5.41, 5.74) is 1.15. The molecule has 0 bridgehead atoms. The molecule has 0 N–H and O–H groups in total. The Labute approximate surface area is 88.1 Å². The average Bonchev–Trinajstić information content (AvgIpc) is 2.26. The van der Waals surface area contributed by atoms with Gasteiger partial charge in [-0.3, -0.25) is 0 Å². The maximum Gasteiger partial charge on any atom is 0.218 e. The highest BCUT2D eigenvalue weighted by Gasteiger charge is 2.03. The number of halogens is 2. The highest BCUT2D eigenvalue weighted by molar-refractivity contribution is 9.11. The minimum Gasteiger partial charge on any atom is -0.239 e. The molecule has 0 saturated heterocycles. The number of aryl methyl sites for hydroxylation is 1. The second kappa shape index (κ2) is 4.18. The predicted molar refractivity (Wildman–Crippen MR) is 54.9 cm³/mol. The van der Waals surface area contributed by atoms with Gasteiger partial charge in [-0.05, 0) is 45.2 Å². The lowest BCUT2D eigenvalue weighted by molar-refractivity contribution is 0.595. The molecule has 1 aromatic heterocycles. The van der Waals surface area contributed by atoms with E-state index in [1.165, 1.54) is 0 Å². The Balaban J connectivity index is 2.62. The minimum atomic E-state index is 0.607. The lowest BCUT2D eigenvalue weighted by Crippen LogP contribution is -2.00. The number of rotatable bonds is 3. The van der Waals surface area contributed by atoms with E-state index < -0.39 is 0 Å². The van der Waals surface area contributed by atoms with Gasteiger partial charge < -0.3 is 0 Å². The fraction of sp³-hybridized carbons (Fsp3) is 0.429. The summed E-state index contributed by atoms with van der Waals surface area (Å²) in [5, 5.41) is 4.12. The van der Waals surface area contributed by atoms with Crippen LogP contribution in [0, 0.1) is 0 Å². The van der Waals surface area contributed by atoms with Crippen molar-refractivity contribution >= 4 is 31.9 Å². The van der Waals surface area contributed by atoms with Gasteiger partial charge >= 0.3 is 0 Å². The molecule has 0 aromatic carbocycles. The molecule has 12 heavy (non-hydrogen) atoms. The van der Waals surface area contributed by atoms with Crippen molar-refractivity contribution in [3.8, 4) is 0 Å². The summed E-state index contributed by atoms with van der Waals surface area (Å²) in [4.78, 5) is 4.04. The standard InChI is InChI=1S/C7H9Br2N3/c1-5(2)3-4-12-7(9)10-6(8)11-12/h1,3-4H2,2H3. The van der Waals surface area contributed by atoms with E-state index in [2.05, 4.69) is 48.5 Å². The van der Waals surface area contributed by atoms with E-state index in [1.807, 2.05) is 6.92 Å². The molecule has 0 saturated carbocycles. The van der Waals surface area contributed by atoms with Gasteiger partial charge in [0.05, 0.1) is 0 Å². The van der Waals surface area contributed by atoms with Crippen molar-refractivity contribution in [3.05, 3.63) is 21.6 Å². The van der Waals surface area contributed by atoms with Crippen molar-refractivity contribution in [3.63, 3.8) is 0 Å². The fourth-order valence-corrected chi connectivity index (χ4v) is 1.76. The van der Waals surface area contributed by atoms with E-state index in [0.717, 1.165) is 23.3 Å². The SMILES string of the molecule is C=C(C)CCn1nc(Br)nc1Br. The van der Waals surface area contributed by atoms with Gasteiger partial charge in [-0.2, -0.15) is 4.98 Å². The monoisotopic (exact) mass is 293 g/mol. The smallest absolute Gasteiger partial charge is 0.218 e. The fourth-order valence-electron chi connectivity index (χ4n) is 0.736. The second-order valence-corrected chi connectivity index (χ2v) is 4.00. The van der Waals surface area contributed by atoms with E-state index >= 15 is 0 Å². The largest absolute Gasteiger partial charge is 0.239 e. The van der Waals surface area contributed by atoms with Gasteiger partial charge in [0, 0.05) is 6.54 Å². The topological polar surface area (TPSA) is 30.7 Å². The van der Waals surface area contributed by atoms with Gasteiger partial charge in [0.1, 0.15) is 0 Å². The lowest BCUT2D eigenvalue weighted by Gasteiger charge is -2.00. The Kier molecular flexibility index (Phi) is 3.46. The number of hydrogen-bond donors (Lipinski definition) is 0. The number of nitrogens with zero attached hydrogens (tertiary/aromatic N) is 3. The summed E-state index contributed by atoms with van der Waals surface area (Å²) in [6.07, 6.45) is 0.925. The summed E-state index contributed by atoms with van der Waals surface area (Å²) >= 11 is 6.49. The van der Waals surface area contributed by atoms with Gasteiger partial charge in [-0.15, -0.1) is 11.7 Å². The van der Waals surface area contributed by atoms with Crippen molar-refractivity contribution < 1.29 is 0 Å². The number of allylic oxidation sites excluding steroid dienone is 1. The summed E-state index contributed by atoms with van der Waals surface area (Å²) in [6.45, 7) is 6.63. The van der Waals surface area contributed by atoms with Gasteiger partial charge in [0.25, 0.3) is 0 Å².